The zero-order valence-electron chi connectivity index (χ0n) is 25.9. The smallest absolute Gasteiger partial charge is 0.331 e. The van der Waals surface area contributed by atoms with Crippen LogP contribution in [-0.2, 0) is 20.7 Å². The second kappa shape index (κ2) is 14.0. The summed E-state index contributed by atoms with van der Waals surface area (Å²) in [5.74, 6) is -0.896. The summed E-state index contributed by atoms with van der Waals surface area (Å²) in [6.07, 6.45) is 4.19. The second-order valence-corrected chi connectivity index (χ2v) is 13.7. The summed E-state index contributed by atoms with van der Waals surface area (Å²) < 4.78 is 16.9. The first-order valence-electron chi connectivity index (χ1n) is 15.4. The lowest BCUT2D eigenvalue weighted by Gasteiger charge is -2.18. The van der Waals surface area contributed by atoms with Crippen LogP contribution in [0.3, 0.4) is 0 Å². The molecule has 1 aromatic heterocycles. The number of fused-ring (bicyclic) bond motifs is 3. The number of hydrogen-bond donors (Lipinski definition) is 0. The van der Waals surface area contributed by atoms with Gasteiger partial charge in [0.05, 0.1) is 0 Å². The maximum absolute atomic E-state index is 14.8. The molecule has 0 aliphatic carbocycles. The molecule has 0 N–H and O–H groups in total. The molecule has 4 aromatic carbocycles. The van der Waals surface area contributed by atoms with Crippen molar-refractivity contribution in [3.63, 3.8) is 0 Å². The number of aryl methyl sites for hydroxylation is 1. The Morgan fingerprint density at radius 3 is 1.82 bits per heavy atom. The summed E-state index contributed by atoms with van der Waals surface area (Å²) in [7, 11) is -3.70. The van der Waals surface area contributed by atoms with E-state index in [0.717, 1.165) is 47.5 Å². The lowest BCUT2D eigenvalue weighted by atomic mass is 9.99. The van der Waals surface area contributed by atoms with Crippen LogP contribution in [0.1, 0.15) is 73.6 Å². The Hall–Kier alpha value is -4.61. The largest absolute Gasteiger partial charge is 0.341 e. The highest BCUT2D eigenvalue weighted by atomic mass is 31.2. The zero-order chi connectivity index (χ0) is 32.0. The van der Waals surface area contributed by atoms with Crippen molar-refractivity contribution in [1.29, 1.82) is 0 Å². The first kappa shape index (κ1) is 31.8. The molecule has 45 heavy (non-hydrogen) atoms. The lowest BCUT2D eigenvalue weighted by molar-refractivity contribution is -0.140. The fraction of sp³-hybridized carbons (Fsp3) is 0.243. The first-order valence-corrected chi connectivity index (χ1v) is 17.1. The van der Waals surface area contributed by atoms with Gasteiger partial charge in [-0.1, -0.05) is 92.0 Å². The van der Waals surface area contributed by atoms with Crippen LogP contribution in [-0.4, -0.2) is 27.6 Å². The Labute approximate surface area is 263 Å². The molecule has 5 rings (SSSR count). The van der Waals surface area contributed by atoms with Crippen LogP contribution in [0.5, 0.6) is 0 Å². The van der Waals surface area contributed by atoms with Gasteiger partial charge in [0.1, 0.15) is 5.71 Å². The molecule has 1 heterocycles. The topological polar surface area (TPSA) is 94.8 Å². The first-order chi connectivity index (χ1) is 21.8. The molecule has 0 fully saturated rings. The van der Waals surface area contributed by atoms with Gasteiger partial charge in [0.25, 0.3) is 0 Å². The molecule has 0 aliphatic heterocycles. The van der Waals surface area contributed by atoms with Crippen LogP contribution in [0.2, 0.25) is 0 Å². The number of hydrogen-bond acceptors (Lipinski definition) is 6. The molecule has 0 spiro atoms. The average Bonchev–Trinajstić information content (AvgIpc) is 3.39. The Kier molecular flexibility index (Phi) is 9.90. The van der Waals surface area contributed by atoms with Crippen molar-refractivity contribution in [3.8, 4) is 0 Å². The van der Waals surface area contributed by atoms with E-state index in [1.807, 2.05) is 37.3 Å². The number of Topliss-reactive ketones (excluding diaryl/α,β-unsaturated/α-hetero) is 1. The van der Waals surface area contributed by atoms with E-state index >= 15 is 0 Å². The third-order valence-corrected chi connectivity index (χ3v) is 10.9. The fourth-order valence-electron chi connectivity index (χ4n) is 5.77. The van der Waals surface area contributed by atoms with E-state index in [4.69, 9.17) is 4.84 Å². The van der Waals surface area contributed by atoms with E-state index in [9.17, 15) is 18.9 Å². The number of ketones is 1. The normalized spacial score (nSPS) is 12.0. The standard InChI is InChI=1S/C37H37N2O5P/c1-4-6-7-14-19-33(38-44-26(3)40)36(41)27-20-22-34-31(24-27)32-25-28(21-23-35(32)39(34)5-2)37(42)45(43,29-15-10-8-11-16-29)30-17-12-9-13-18-30/h8-13,15-18,20-25H,4-7,14,19H2,1-3H3/b38-33+. The predicted molar refractivity (Wildman–Crippen MR) is 181 cm³/mol. The van der Waals surface area contributed by atoms with Gasteiger partial charge in [-0.2, -0.15) is 0 Å². The van der Waals surface area contributed by atoms with Gasteiger partial charge in [-0.05, 0) is 56.2 Å². The number of carbonyl (C=O) groups is 3. The number of rotatable bonds is 13. The van der Waals surface area contributed by atoms with E-state index in [-0.39, 0.29) is 11.5 Å². The van der Waals surface area contributed by atoms with Crippen molar-refractivity contribution in [1.82, 2.24) is 4.57 Å². The molecule has 0 saturated carbocycles. The second-order valence-electron chi connectivity index (χ2n) is 11.1. The van der Waals surface area contributed by atoms with Gasteiger partial charge in [-0.3, -0.25) is 9.59 Å². The van der Waals surface area contributed by atoms with Gasteiger partial charge in [0.2, 0.25) is 18.4 Å². The van der Waals surface area contributed by atoms with Gasteiger partial charge >= 0.3 is 5.97 Å². The Balaban J connectivity index is 1.61. The number of carbonyl (C=O) groups excluding carboxylic acids is 3. The van der Waals surface area contributed by atoms with Gasteiger partial charge in [0, 0.05) is 57.0 Å². The molecule has 0 saturated heterocycles. The quantitative estimate of drug-likeness (QED) is 0.0332. The maximum atomic E-state index is 14.8. The minimum absolute atomic E-state index is 0.197. The van der Waals surface area contributed by atoms with Crippen molar-refractivity contribution < 1.29 is 23.8 Å². The highest BCUT2D eigenvalue weighted by molar-refractivity contribution is 7.93. The Morgan fingerprint density at radius 1 is 0.733 bits per heavy atom. The summed E-state index contributed by atoms with van der Waals surface area (Å²) in [4.78, 5) is 44.3. The van der Waals surface area contributed by atoms with Crippen molar-refractivity contribution in [2.45, 2.75) is 59.4 Å². The molecule has 0 radical (unpaired) electrons. The van der Waals surface area contributed by atoms with E-state index < -0.39 is 18.6 Å². The SMILES string of the molecule is CCCCCC/C(=N\OC(C)=O)C(=O)c1ccc2c(c1)c1cc(C(=O)P(=O)(c3ccccc3)c3ccccc3)ccc1n2CC. The van der Waals surface area contributed by atoms with Gasteiger partial charge < -0.3 is 14.0 Å². The van der Waals surface area contributed by atoms with Crippen LogP contribution < -0.4 is 10.6 Å². The molecule has 230 valence electrons. The monoisotopic (exact) mass is 620 g/mol. The van der Waals surface area contributed by atoms with Crippen LogP contribution in [0.4, 0.5) is 0 Å². The van der Waals surface area contributed by atoms with E-state index in [0.29, 0.717) is 34.7 Å². The summed E-state index contributed by atoms with van der Waals surface area (Å²) in [6, 6.07) is 28.7. The minimum atomic E-state index is -3.70. The summed E-state index contributed by atoms with van der Waals surface area (Å²) in [6.45, 7) is 6.07. The van der Waals surface area contributed by atoms with Gasteiger partial charge in [-0.25, -0.2) is 4.79 Å². The summed E-state index contributed by atoms with van der Waals surface area (Å²) in [5, 5.41) is 6.44. The minimum Gasteiger partial charge on any atom is -0.341 e. The van der Waals surface area contributed by atoms with E-state index in [1.54, 1.807) is 66.7 Å². The molecule has 0 aliphatic rings. The number of unbranched alkanes of at least 4 members (excludes halogenated alkanes) is 3. The molecular weight excluding hydrogens is 583 g/mol. The van der Waals surface area contributed by atoms with Crippen LogP contribution in [0.25, 0.3) is 21.8 Å². The summed E-state index contributed by atoms with van der Waals surface area (Å²) in [5.41, 5.74) is 2.30. The highest BCUT2D eigenvalue weighted by Crippen LogP contribution is 2.47. The highest BCUT2D eigenvalue weighted by Gasteiger charge is 2.36. The average molecular weight is 621 g/mol. The van der Waals surface area contributed by atoms with Crippen LogP contribution >= 0.6 is 7.14 Å². The molecule has 0 bridgehead atoms. The molecular formula is C37H37N2O5P. The molecule has 0 unspecified atom stereocenters. The third-order valence-electron chi connectivity index (χ3n) is 8.03. The Morgan fingerprint density at radius 2 is 1.29 bits per heavy atom. The van der Waals surface area contributed by atoms with Crippen molar-refractivity contribution in [3.05, 3.63) is 108 Å². The third kappa shape index (κ3) is 6.45. The molecule has 7 nitrogen and oxygen atoms in total. The van der Waals surface area contributed by atoms with Crippen molar-refractivity contribution in [2.75, 3.05) is 0 Å². The number of oxime groups is 1. The van der Waals surface area contributed by atoms with E-state index in [1.165, 1.54) is 6.92 Å². The van der Waals surface area contributed by atoms with Crippen LogP contribution in [0, 0.1) is 0 Å². The molecule has 5 aromatic rings. The van der Waals surface area contributed by atoms with E-state index in [2.05, 4.69) is 16.6 Å². The number of benzene rings is 4. The number of nitrogens with zero attached hydrogens (tertiary/aromatic N) is 2. The molecule has 8 heteroatoms. The van der Waals surface area contributed by atoms with Crippen molar-refractivity contribution >= 4 is 62.5 Å². The van der Waals surface area contributed by atoms with Gasteiger partial charge in [-0.15, -0.1) is 0 Å². The zero-order valence-corrected chi connectivity index (χ0v) is 26.8. The molecule has 0 atom stereocenters. The maximum Gasteiger partial charge on any atom is 0.331 e. The van der Waals surface area contributed by atoms with Crippen molar-refractivity contribution in [2.24, 2.45) is 5.16 Å². The molecule has 0 amide bonds. The fourth-order valence-corrected chi connectivity index (χ4v) is 8.22. The Bertz CT molecular complexity index is 1900. The predicted octanol–water partition coefficient (Wildman–Crippen LogP) is 8.04. The lowest BCUT2D eigenvalue weighted by Crippen LogP contribution is -2.22. The summed E-state index contributed by atoms with van der Waals surface area (Å²) >= 11 is 0. The van der Waals surface area contributed by atoms with Gasteiger partial charge in [0.15, 0.2) is 0 Å². The number of aromatic nitrogens is 1. The van der Waals surface area contributed by atoms with Crippen LogP contribution in [0.15, 0.2) is 102 Å².